The molecule has 4 heteroatoms. The number of esters is 1. The van der Waals surface area contributed by atoms with Gasteiger partial charge in [0, 0.05) is 11.8 Å². The van der Waals surface area contributed by atoms with Gasteiger partial charge in [0.05, 0.1) is 6.61 Å². The van der Waals surface area contributed by atoms with Crippen molar-refractivity contribution < 1.29 is 19.7 Å². The van der Waals surface area contributed by atoms with E-state index in [1.807, 2.05) is 24.3 Å². The molecule has 2 N–H and O–H groups in total. The highest BCUT2D eigenvalue weighted by atomic mass is 16.5. The summed E-state index contributed by atoms with van der Waals surface area (Å²) in [6.07, 6.45) is 7.87. The van der Waals surface area contributed by atoms with Gasteiger partial charge in [0.25, 0.3) is 0 Å². The molecule has 0 aliphatic carbocycles. The molecule has 2 rings (SSSR count). The molecule has 0 radical (unpaired) electrons. The molecule has 0 aromatic heterocycles. The summed E-state index contributed by atoms with van der Waals surface area (Å²) in [6, 6.07) is 14.1. The highest BCUT2D eigenvalue weighted by molar-refractivity contribution is 5.69. The largest absolute Gasteiger partial charge is 0.508 e. The van der Waals surface area contributed by atoms with Crippen molar-refractivity contribution in [2.75, 3.05) is 6.61 Å². The second-order valence-electron chi connectivity index (χ2n) is 7.91. The van der Waals surface area contributed by atoms with Crippen LogP contribution in [0.1, 0.15) is 76.3 Å². The van der Waals surface area contributed by atoms with Crippen molar-refractivity contribution in [2.24, 2.45) is 0 Å². The number of carbonyl (C=O) groups is 1. The molecule has 2 aromatic rings. The number of unbranched alkanes of at least 4 members (excludes halogenated alkanes) is 5. The van der Waals surface area contributed by atoms with Crippen LogP contribution in [-0.2, 0) is 14.9 Å². The van der Waals surface area contributed by atoms with Gasteiger partial charge in [-0.2, -0.15) is 0 Å². The van der Waals surface area contributed by atoms with Crippen molar-refractivity contribution in [3.8, 4) is 11.5 Å². The Labute approximate surface area is 174 Å². The first-order valence-electron chi connectivity index (χ1n) is 10.7. The van der Waals surface area contributed by atoms with Crippen molar-refractivity contribution >= 4 is 5.97 Å². The van der Waals surface area contributed by atoms with Gasteiger partial charge >= 0.3 is 5.97 Å². The van der Waals surface area contributed by atoms with Crippen LogP contribution in [-0.4, -0.2) is 22.8 Å². The lowest BCUT2D eigenvalue weighted by Gasteiger charge is -2.31. The van der Waals surface area contributed by atoms with Crippen LogP contribution in [0.4, 0.5) is 0 Å². The molecule has 0 saturated carbocycles. The van der Waals surface area contributed by atoms with Gasteiger partial charge < -0.3 is 14.9 Å². The van der Waals surface area contributed by atoms with E-state index < -0.39 is 5.41 Å². The van der Waals surface area contributed by atoms with Crippen LogP contribution in [0.2, 0.25) is 0 Å². The molecule has 0 heterocycles. The second kappa shape index (κ2) is 11.5. The highest BCUT2D eigenvalue weighted by Gasteiger charge is 2.30. The van der Waals surface area contributed by atoms with Gasteiger partial charge in [0.2, 0.25) is 0 Å². The van der Waals surface area contributed by atoms with Crippen LogP contribution >= 0.6 is 0 Å². The third-order valence-corrected chi connectivity index (χ3v) is 5.60. The Bertz CT molecular complexity index is 689. The number of aromatic hydroxyl groups is 2. The van der Waals surface area contributed by atoms with E-state index in [0.717, 1.165) is 24.0 Å². The van der Waals surface area contributed by atoms with Crippen LogP contribution in [0.25, 0.3) is 0 Å². The number of benzene rings is 2. The third-order valence-electron chi connectivity index (χ3n) is 5.60. The molecule has 0 fully saturated rings. The molecular formula is C25H34O4. The van der Waals surface area contributed by atoms with Crippen LogP contribution in [0.3, 0.4) is 0 Å². The summed E-state index contributed by atoms with van der Waals surface area (Å²) in [4.78, 5) is 12.3. The van der Waals surface area contributed by atoms with E-state index in [2.05, 4.69) is 13.8 Å². The SMILES string of the molecule is CCCCCCCCOC(=O)CCC(C)(c1ccc(O)cc1)c1ccc(O)cc1. The maximum Gasteiger partial charge on any atom is 0.305 e. The molecule has 0 amide bonds. The summed E-state index contributed by atoms with van der Waals surface area (Å²) in [7, 11) is 0. The summed E-state index contributed by atoms with van der Waals surface area (Å²) < 4.78 is 5.44. The van der Waals surface area contributed by atoms with Gasteiger partial charge in [-0.05, 0) is 48.2 Å². The summed E-state index contributed by atoms with van der Waals surface area (Å²) in [5.74, 6) is 0.239. The number of ether oxygens (including phenoxy) is 1. The molecule has 0 spiro atoms. The average Bonchev–Trinajstić information content (AvgIpc) is 2.72. The highest BCUT2D eigenvalue weighted by Crippen LogP contribution is 2.37. The Balaban J connectivity index is 1.95. The number of phenolic OH excluding ortho intramolecular Hbond substituents is 2. The maximum atomic E-state index is 12.3. The maximum absolute atomic E-state index is 12.3. The predicted molar refractivity (Wildman–Crippen MR) is 116 cm³/mol. The molecule has 0 aliphatic heterocycles. The fraction of sp³-hybridized carbons (Fsp3) is 0.480. The Morgan fingerprint density at radius 1 is 0.828 bits per heavy atom. The Morgan fingerprint density at radius 2 is 1.31 bits per heavy atom. The molecule has 0 saturated heterocycles. The molecule has 0 aliphatic rings. The van der Waals surface area contributed by atoms with E-state index in [1.54, 1.807) is 24.3 Å². The van der Waals surface area contributed by atoms with Gasteiger partial charge in [-0.1, -0.05) is 70.2 Å². The normalized spacial score (nSPS) is 11.4. The second-order valence-corrected chi connectivity index (χ2v) is 7.91. The van der Waals surface area contributed by atoms with Gasteiger partial charge in [0.15, 0.2) is 0 Å². The zero-order valence-corrected chi connectivity index (χ0v) is 17.7. The minimum atomic E-state index is -0.430. The van der Waals surface area contributed by atoms with Crippen molar-refractivity contribution in [3.05, 3.63) is 59.7 Å². The number of rotatable bonds is 12. The fourth-order valence-corrected chi connectivity index (χ4v) is 3.61. The number of hydrogen-bond donors (Lipinski definition) is 2. The number of phenols is 2. The van der Waals surface area contributed by atoms with E-state index >= 15 is 0 Å². The number of carbonyl (C=O) groups excluding carboxylic acids is 1. The molecule has 0 atom stereocenters. The lowest BCUT2D eigenvalue weighted by atomic mass is 9.73. The molecular weight excluding hydrogens is 364 g/mol. The van der Waals surface area contributed by atoms with E-state index in [-0.39, 0.29) is 17.5 Å². The predicted octanol–water partition coefficient (Wildman–Crippen LogP) is 6.09. The molecule has 158 valence electrons. The first kappa shape index (κ1) is 22.8. The van der Waals surface area contributed by atoms with Gasteiger partial charge in [-0.3, -0.25) is 4.79 Å². The first-order valence-corrected chi connectivity index (χ1v) is 10.7. The average molecular weight is 399 g/mol. The zero-order chi connectivity index (χ0) is 21.1. The van der Waals surface area contributed by atoms with E-state index in [4.69, 9.17) is 4.74 Å². The Morgan fingerprint density at radius 3 is 1.83 bits per heavy atom. The minimum Gasteiger partial charge on any atom is -0.508 e. The smallest absolute Gasteiger partial charge is 0.305 e. The van der Waals surface area contributed by atoms with Crippen molar-refractivity contribution in [3.63, 3.8) is 0 Å². The molecule has 29 heavy (non-hydrogen) atoms. The van der Waals surface area contributed by atoms with Crippen LogP contribution in [0.15, 0.2) is 48.5 Å². The Kier molecular flexibility index (Phi) is 9.04. The Hall–Kier alpha value is -2.49. The monoisotopic (exact) mass is 398 g/mol. The third kappa shape index (κ3) is 7.12. The molecule has 0 bridgehead atoms. The van der Waals surface area contributed by atoms with E-state index in [1.165, 1.54) is 25.7 Å². The minimum absolute atomic E-state index is 0.178. The zero-order valence-electron chi connectivity index (χ0n) is 17.7. The lowest BCUT2D eigenvalue weighted by molar-refractivity contribution is -0.144. The van der Waals surface area contributed by atoms with E-state index in [0.29, 0.717) is 19.4 Å². The van der Waals surface area contributed by atoms with Gasteiger partial charge in [-0.25, -0.2) is 0 Å². The summed E-state index contributed by atoms with van der Waals surface area (Å²) >= 11 is 0. The van der Waals surface area contributed by atoms with Crippen molar-refractivity contribution in [1.82, 2.24) is 0 Å². The van der Waals surface area contributed by atoms with E-state index in [9.17, 15) is 15.0 Å². The summed E-state index contributed by atoms with van der Waals surface area (Å²) in [5, 5.41) is 19.3. The van der Waals surface area contributed by atoms with Crippen LogP contribution in [0, 0.1) is 0 Å². The van der Waals surface area contributed by atoms with Gasteiger partial charge in [0.1, 0.15) is 11.5 Å². The first-order chi connectivity index (χ1) is 14.0. The standard InChI is InChI=1S/C25H34O4/c1-3-4-5-6-7-8-19-29-24(28)17-18-25(2,20-9-13-22(26)14-10-20)21-11-15-23(27)16-12-21/h9-16,26-27H,3-8,17-19H2,1-2H3. The molecule has 0 unspecified atom stereocenters. The quantitative estimate of drug-likeness (QED) is 0.335. The number of hydrogen-bond acceptors (Lipinski definition) is 4. The van der Waals surface area contributed by atoms with Gasteiger partial charge in [-0.15, -0.1) is 0 Å². The topological polar surface area (TPSA) is 66.8 Å². The van der Waals surface area contributed by atoms with Crippen molar-refractivity contribution in [2.45, 2.75) is 70.6 Å². The molecule has 4 nitrogen and oxygen atoms in total. The lowest BCUT2D eigenvalue weighted by Crippen LogP contribution is -2.25. The summed E-state index contributed by atoms with van der Waals surface area (Å²) in [6.45, 7) is 4.76. The summed E-state index contributed by atoms with van der Waals surface area (Å²) in [5.41, 5.74) is 1.58. The van der Waals surface area contributed by atoms with Crippen LogP contribution in [0.5, 0.6) is 11.5 Å². The van der Waals surface area contributed by atoms with Crippen LogP contribution < -0.4 is 0 Å². The van der Waals surface area contributed by atoms with Crippen molar-refractivity contribution in [1.29, 1.82) is 0 Å². The fourth-order valence-electron chi connectivity index (χ4n) is 3.61. The molecule has 2 aromatic carbocycles.